The Labute approximate surface area is 131 Å². The highest BCUT2D eigenvalue weighted by molar-refractivity contribution is 6.31. The summed E-state index contributed by atoms with van der Waals surface area (Å²) in [6.07, 6.45) is 1.98. The Bertz CT molecular complexity index is 457. The molecule has 0 saturated carbocycles. The molecule has 1 aliphatic heterocycles. The Morgan fingerprint density at radius 3 is 2.50 bits per heavy atom. The number of hydrogen-bond acceptors (Lipinski definition) is 2. The summed E-state index contributed by atoms with van der Waals surface area (Å²) < 4.78 is 0. The van der Waals surface area contributed by atoms with E-state index in [1.165, 1.54) is 0 Å². The lowest BCUT2D eigenvalue weighted by Crippen LogP contribution is -2.48. The van der Waals surface area contributed by atoms with Crippen LogP contribution in [0.2, 0.25) is 5.02 Å². The van der Waals surface area contributed by atoms with Crippen molar-refractivity contribution in [1.29, 1.82) is 0 Å². The topological polar surface area (TPSA) is 41.1 Å². The smallest absolute Gasteiger partial charge is 0.230 e. The number of halogens is 2. The van der Waals surface area contributed by atoms with Crippen LogP contribution in [0.1, 0.15) is 32.3 Å². The van der Waals surface area contributed by atoms with Crippen molar-refractivity contribution in [3.63, 3.8) is 0 Å². The predicted molar refractivity (Wildman–Crippen MR) is 85.8 cm³/mol. The van der Waals surface area contributed by atoms with Crippen LogP contribution >= 0.6 is 24.0 Å². The van der Waals surface area contributed by atoms with Crippen molar-refractivity contribution in [2.45, 2.75) is 38.1 Å². The average Bonchev–Trinajstić information content (AvgIpc) is 2.40. The van der Waals surface area contributed by atoms with Crippen molar-refractivity contribution in [2.24, 2.45) is 0 Å². The summed E-state index contributed by atoms with van der Waals surface area (Å²) in [6.45, 7) is 5.78. The van der Waals surface area contributed by atoms with E-state index in [9.17, 15) is 4.79 Å². The maximum atomic E-state index is 12.5. The molecule has 1 aliphatic rings. The summed E-state index contributed by atoms with van der Waals surface area (Å²) in [7, 11) is 0. The average molecular weight is 317 g/mol. The van der Waals surface area contributed by atoms with Gasteiger partial charge in [-0.3, -0.25) is 4.79 Å². The van der Waals surface area contributed by atoms with Gasteiger partial charge in [0.1, 0.15) is 0 Å². The SMILES string of the molecule is CC(C)(C(=O)NC1CCNCC1)c1ccccc1Cl.Cl. The molecule has 1 fully saturated rings. The van der Waals surface area contributed by atoms with Crippen molar-refractivity contribution in [2.75, 3.05) is 13.1 Å². The van der Waals surface area contributed by atoms with Crippen LogP contribution in [-0.4, -0.2) is 25.0 Å². The number of benzene rings is 1. The minimum absolute atomic E-state index is 0. The Morgan fingerprint density at radius 1 is 1.30 bits per heavy atom. The lowest BCUT2D eigenvalue weighted by atomic mass is 9.83. The predicted octanol–water partition coefficient (Wildman–Crippen LogP) is 2.91. The standard InChI is InChI=1S/C15H21ClN2O.ClH/c1-15(2,12-5-3-4-6-13(12)16)14(19)18-11-7-9-17-10-8-11;/h3-6,11,17H,7-10H2,1-2H3,(H,18,19);1H. The molecule has 0 radical (unpaired) electrons. The molecule has 1 amide bonds. The van der Waals surface area contributed by atoms with E-state index in [1.807, 2.05) is 38.1 Å². The van der Waals surface area contributed by atoms with Crippen LogP contribution in [0.4, 0.5) is 0 Å². The van der Waals surface area contributed by atoms with Gasteiger partial charge in [-0.2, -0.15) is 0 Å². The molecule has 1 aromatic carbocycles. The summed E-state index contributed by atoms with van der Waals surface area (Å²) in [4.78, 5) is 12.5. The van der Waals surface area contributed by atoms with E-state index in [-0.39, 0.29) is 24.4 Å². The Kier molecular flexibility index (Phi) is 6.31. The molecule has 0 spiro atoms. The minimum atomic E-state index is -0.608. The highest BCUT2D eigenvalue weighted by Gasteiger charge is 2.33. The van der Waals surface area contributed by atoms with Crippen molar-refractivity contribution in [1.82, 2.24) is 10.6 Å². The van der Waals surface area contributed by atoms with Gasteiger partial charge in [0.2, 0.25) is 5.91 Å². The number of amides is 1. The normalized spacial score (nSPS) is 16.4. The number of carbonyl (C=O) groups is 1. The second-order valence-corrected chi connectivity index (χ2v) is 6.01. The van der Waals surface area contributed by atoms with Crippen molar-refractivity contribution < 1.29 is 4.79 Å². The number of piperidine rings is 1. The van der Waals surface area contributed by atoms with Crippen LogP contribution in [0.5, 0.6) is 0 Å². The van der Waals surface area contributed by atoms with Crippen LogP contribution in [0.15, 0.2) is 24.3 Å². The maximum Gasteiger partial charge on any atom is 0.230 e. The van der Waals surface area contributed by atoms with Gasteiger partial charge < -0.3 is 10.6 Å². The first-order chi connectivity index (χ1) is 9.01. The molecular weight excluding hydrogens is 295 g/mol. The minimum Gasteiger partial charge on any atom is -0.353 e. The van der Waals surface area contributed by atoms with E-state index in [0.717, 1.165) is 31.5 Å². The molecule has 2 rings (SSSR count). The van der Waals surface area contributed by atoms with Crippen LogP contribution in [0.3, 0.4) is 0 Å². The Hall–Kier alpha value is -0.770. The fourth-order valence-corrected chi connectivity index (χ4v) is 2.79. The fraction of sp³-hybridized carbons (Fsp3) is 0.533. The monoisotopic (exact) mass is 316 g/mol. The highest BCUT2D eigenvalue weighted by Crippen LogP contribution is 2.30. The lowest BCUT2D eigenvalue weighted by molar-refractivity contribution is -0.126. The van der Waals surface area contributed by atoms with Gasteiger partial charge >= 0.3 is 0 Å². The Morgan fingerprint density at radius 2 is 1.90 bits per heavy atom. The molecule has 5 heteroatoms. The molecule has 3 nitrogen and oxygen atoms in total. The van der Waals surface area contributed by atoms with Gasteiger partial charge in [0.15, 0.2) is 0 Å². The third-order valence-electron chi connectivity index (χ3n) is 3.79. The molecule has 0 bridgehead atoms. The highest BCUT2D eigenvalue weighted by atomic mass is 35.5. The lowest BCUT2D eigenvalue weighted by Gasteiger charge is -2.30. The molecular formula is C15H22Cl2N2O. The van der Waals surface area contributed by atoms with E-state index in [0.29, 0.717) is 5.02 Å². The number of rotatable bonds is 3. The molecule has 20 heavy (non-hydrogen) atoms. The van der Waals surface area contributed by atoms with Crippen LogP contribution in [0, 0.1) is 0 Å². The molecule has 0 atom stereocenters. The van der Waals surface area contributed by atoms with Gasteiger partial charge in [0, 0.05) is 11.1 Å². The van der Waals surface area contributed by atoms with E-state index in [1.54, 1.807) is 0 Å². The molecule has 1 heterocycles. The van der Waals surface area contributed by atoms with Crippen molar-refractivity contribution in [3.8, 4) is 0 Å². The number of carbonyl (C=O) groups excluding carboxylic acids is 1. The zero-order valence-electron chi connectivity index (χ0n) is 11.9. The second kappa shape index (κ2) is 7.30. The third kappa shape index (κ3) is 3.87. The zero-order chi connectivity index (χ0) is 13.9. The maximum absolute atomic E-state index is 12.5. The molecule has 1 aromatic rings. The summed E-state index contributed by atoms with van der Waals surface area (Å²) >= 11 is 6.21. The van der Waals surface area contributed by atoms with E-state index in [2.05, 4.69) is 10.6 Å². The first-order valence-electron chi connectivity index (χ1n) is 6.78. The van der Waals surface area contributed by atoms with Gasteiger partial charge in [-0.25, -0.2) is 0 Å². The van der Waals surface area contributed by atoms with Crippen molar-refractivity contribution in [3.05, 3.63) is 34.9 Å². The second-order valence-electron chi connectivity index (χ2n) is 5.60. The Balaban J connectivity index is 0.00000200. The van der Waals surface area contributed by atoms with E-state index in [4.69, 9.17) is 11.6 Å². The fourth-order valence-electron chi connectivity index (χ4n) is 2.42. The molecule has 0 unspecified atom stereocenters. The summed E-state index contributed by atoms with van der Waals surface area (Å²) in [5, 5.41) is 7.09. The number of hydrogen-bond donors (Lipinski definition) is 2. The largest absolute Gasteiger partial charge is 0.353 e. The van der Waals surface area contributed by atoms with Gasteiger partial charge in [0.25, 0.3) is 0 Å². The van der Waals surface area contributed by atoms with Crippen molar-refractivity contribution >= 4 is 29.9 Å². The van der Waals surface area contributed by atoms with Crippen LogP contribution in [-0.2, 0) is 10.2 Å². The van der Waals surface area contributed by atoms with E-state index < -0.39 is 5.41 Å². The summed E-state index contributed by atoms with van der Waals surface area (Å²) in [5.74, 6) is 0.0486. The molecule has 2 N–H and O–H groups in total. The zero-order valence-corrected chi connectivity index (χ0v) is 13.5. The third-order valence-corrected chi connectivity index (χ3v) is 4.12. The van der Waals surface area contributed by atoms with Gasteiger partial charge in [-0.05, 0) is 51.4 Å². The molecule has 112 valence electrons. The summed E-state index contributed by atoms with van der Waals surface area (Å²) in [5.41, 5.74) is 0.270. The van der Waals surface area contributed by atoms with E-state index >= 15 is 0 Å². The van der Waals surface area contributed by atoms with Crippen LogP contribution < -0.4 is 10.6 Å². The molecule has 0 aliphatic carbocycles. The van der Waals surface area contributed by atoms with Gasteiger partial charge in [-0.15, -0.1) is 12.4 Å². The first-order valence-corrected chi connectivity index (χ1v) is 7.16. The molecule has 0 aromatic heterocycles. The first kappa shape index (κ1) is 17.3. The van der Waals surface area contributed by atoms with Gasteiger partial charge in [-0.1, -0.05) is 29.8 Å². The quantitative estimate of drug-likeness (QED) is 0.900. The summed E-state index contributed by atoms with van der Waals surface area (Å²) in [6, 6.07) is 7.82. The number of nitrogens with one attached hydrogen (secondary N) is 2. The van der Waals surface area contributed by atoms with Gasteiger partial charge in [0.05, 0.1) is 5.41 Å². The van der Waals surface area contributed by atoms with Crippen LogP contribution in [0.25, 0.3) is 0 Å². The molecule has 1 saturated heterocycles.